The molecular weight excluding hydrogens is 326 g/mol. The highest BCUT2D eigenvalue weighted by Crippen LogP contribution is 2.23. The van der Waals surface area contributed by atoms with E-state index in [1.165, 1.54) is 24.9 Å². The van der Waals surface area contributed by atoms with Crippen LogP contribution in [0.4, 0.5) is 23.0 Å². The zero-order valence-electron chi connectivity index (χ0n) is 14.7. The molecule has 4 rings (SSSR count). The lowest BCUT2D eigenvalue weighted by Gasteiger charge is -2.28. The largest absolute Gasteiger partial charge is 0.467 e. The SMILES string of the molecule is c1coc(CNc2cc(Nc3ccc(N4CCCCC4)cc3)ncn2)c1. The molecule has 26 heavy (non-hydrogen) atoms. The Labute approximate surface area is 153 Å². The number of nitrogens with one attached hydrogen (secondary N) is 2. The van der Waals surface area contributed by atoms with Gasteiger partial charge in [0.15, 0.2) is 0 Å². The average Bonchev–Trinajstić information content (AvgIpc) is 3.22. The summed E-state index contributed by atoms with van der Waals surface area (Å²) in [4.78, 5) is 11.0. The van der Waals surface area contributed by atoms with Gasteiger partial charge in [0, 0.05) is 30.5 Å². The number of benzene rings is 1. The Morgan fingerprint density at radius 1 is 0.962 bits per heavy atom. The van der Waals surface area contributed by atoms with Gasteiger partial charge in [0.25, 0.3) is 0 Å². The summed E-state index contributed by atoms with van der Waals surface area (Å²) in [7, 11) is 0. The van der Waals surface area contributed by atoms with Gasteiger partial charge >= 0.3 is 0 Å². The van der Waals surface area contributed by atoms with E-state index in [4.69, 9.17) is 4.42 Å². The van der Waals surface area contributed by atoms with Gasteiger partial charge in [-0.1, -0.05) is 0 Å². The summed E-state index contributed by atoms with van der Waals surface area (Å²) in [5.41, 5.74) is 2.31. The number of hydrogen-bond acceptors (Lipinski definition) is 6. The van der Waals surface area contributed by atoms with Crippen LogP contribution in [0, 0.1) is 0 Å². The monoisotopic (exact) mass is 349 g/mol. The van der Waals surface area contributed by atoms with Crippen molar-refractivity contribution in [1.82, 2.24) is 9.97 Å². The molecule has 1 aliphatic rings. The molecule has 1 aliphatic heterocycles. The van der Waals surface area contributed by atoms with E-state index >= 15 is 0 Å². The van der Waals surface area contributed by atoms with Crippen LogP contribution in [0.5, 0.6) is 0 Å². The summed E-state index contributed by atoms with van der Waals surface area (Å²) in [6.07, 6.45) is 7.13. The summed E-state index contributed by atoms with van der Waals surface area (Å²) in [5.74, 6) is 2.38. The van der Waals surface area contributed by atoms with Crippen molar-refractivity contribution in [1.29, 1.82) is 0 Å². The second-order valence-electron chi connectivity index (χ2n) is 6.44. The normalized spacial score (nSPS) is 14.2. The number of aromatic nitrogens is 2. The fraction of sp³-hybridized carbons (Fsp3) is 0.300. The molecule has 1 aromatic carbocycles. The van der Waals surface area contributed by atoms with Gasteiger partial charge in [-0.15, -0.1) is 0 Å². The summed E-state index contributed by atoms with van der Waals surface area (Å²) in [6, 6.07) is 14.2. The fourth-order valence-corrected chi connectivity index (χ4v) is 3.17. The molecule has 3 heterocycles. The van der Waals surface area contributed by atoms with Crippen LogP contribution in [0.15, 0.2) is 59.5 Å². The van der Waals surface area contributed by atoms with Crippen LogP contribution in [0.2, 0.25) is 0 Å². The van der Waals surface area contributed by atoms with Crippen molar-refractivity contribution >= 4 is 23.0 Å². The van der Waals surface area contributed by atoms with Gasteiger partial charge in [-0.2, -0.15) is 0 Å². The zero-order valence-corrected chi connectivity index (χ0v) is 14.7. The topological polar surface area (TPSA) is 66.2 Å². The second kappa shape index (κ2) is 7.91. The number of nitrogens with zero attached hydrogens (tertiary/aromatic N) is 3. The van der Waals surface area contributed by atoms with Gasteiger partial charge in [-0.25, -0.2) is 9.97 Å². The zero-order chi connectivity index (χ0) is 17.6. The first kappa shape index (κ1) is 16.4. The Morgan fingerprint density at radius 3 is 2.54 bits per heavy atom. The van der Waals surface area contributed by atoms with Gasteiger partial charge in [-0.3, -0.25) is 0 Å². The molecule has 2 N–H and O–H groups in total. The Balaban J connectivity index is 1.38. The van der Waals surface area contributed by atoms with E-state index in [-0.39, 0.29) is 0 Å². The average molecular weight is 349 g/mol. The van der Waals surface area contributed by atoms with Crippen LogP contribution in [-0.4, -0.2) is 23.1 Å². The van der Waals surface area contributed by atoms with Gasteiger partial charge in [0.1, 0.15) is 23.7 Å². The minimum Gasteiger partial charge on any atom is -0.467 e. The van der Waals surface area contributed by atoms with Gasteiger partial charge in [0.05, 0.1) is 12.8 Å². The van der Waals surface area contributed by atoms with Crippen LogP contribution in [0.25, 0.3) is 0 Å². The lowest BCUT2D eigenvalue weighted by Crippen LogP contribution is -2.29. The van der Waals surface area contributed by atoms with E-state index in [9.17, 15) is 0 Å². The molecule has 0 bridgehead atoms. The number of piperidine rings is 1. The molecule has 0 unspecified atom stereocenters. The number of anilines is 4. The molecule has 0 spiro atoms. The highest BCUT2D eigenvalue weighted by atomic mass is 16.3. The molecule has 0 saturated carbocycles. The molecule has 2 aromatic heterocycles. The predicted octanol–water partition coefficient (Wildman–Crippen LogP) is 4.42. The molecule has 6 nitrogen and oxygen atoms in total. The third-order valence-corrected chi connectivity index (χ3v) is 4.55. The van der Waals surface area contributed by atoms with E-state index in [2.05, 4.69) is 49.8 Å². The summed E-state index contributed by atoms with van der Waals surface area (Å²) < 4.78 is 5.32. The van der Waals surface area contributed by atoms with Gasteiger partial charge in [-0.05, 0) is 55.7 Å². The molecule has 0 aliphatic carbocycles. The van der Waals surface area contributed by atoms with Crippen LogP contribution < -0.4 is 15.5 Å². The summed E-state index contributed by atoms with van der Waals surface area (Å²) in [5, 5.41) is 6.57. The maximum atomic E-state index is 5.32. The van der Waals surface area contributed by atoms with Gasteiger partial charge < -0.3 is 20.0 Å². The maximum absolute atomic E-state index is 5.32. The Morgan fingerprint density at radius 2 is 1.77 bits per heavy atom. The molecule has 134 valence electrons. The molecule has 0 radical (unpaired) electrons. The maximum Gasteiger partial charge on any atom is 0.135 e. The number of rotatable bonds is 6. The van der Waals surface area contributed by atoms with Crippen molar-refractivity contribution in [2.75, 3.05) is 28.6 Å². The molecule has 3 aromatic rings. The first-order chi connectivity index (χ1) is 12.9. The second-order valence-corrected chi connectivity index (χ2v) is 6.44. The highest BCUT2D eigenvalue weighted by Gasteiger charge is 2.10. The molecule has 0 amide bonds. The predicted molar refractivity (Wildman–Crippen MR) is 104 cm³/mol. The molecule has 1 fully saturated rings. The van der Waals surface area contributed by atoms with Crippen molar-refractivity contribution in [2.45, 2.75) is 25.8 Å². The standard InChI is InChI=1S/C20H23N5O/c1-2-10-25(11-3-1)17-8-6-16(7-9-17)24-20-13-19(22-15-23-20)21-14-18-5-4-12-26-18/h4-9,12-13,15H,1-3,10-11,14H2,(H2,21,22,23,24). The van der Waals surface area contributed by atoms with E-state index in [1.54, 1.807) is 12.6 Å². The Hall–Kier alpha value is -3.02. The summed E-state index contributed by atoms with van der Waals surface area (Å²) in [6.45, 7) is 2.90. The van der Waals surface area contributed by atoms with Crippen LogP contribution >= 0.6 is 0 Å². The Bertz CT molecular complexity index is 810. The van der Waals surface area contributed by atoms with Crippen molar-refractivity contribution in [3.8, 4) is 0 Å². The van der Waals surface area contributed by atoms with Crippen molar-refractivity contribution < 1.29 is 4.42 Å². The first-order valence-corrected chi connectivity index (χ1v) is 9.07. The smallest absolute Gasteiger partial charge is 0.135 e. The molecule has 0 atom stereocenters. The molecular formula is C20H23N5O. The Kier molecular flexibility index (Phi) is 5.00. The fourth-order valence-electron chi connectivity index (χ4n) is 3.17. The lowest BCUT2D eigenvalue weighted by molar-refractivity contribution is 0.518. The number of hydrogen-bond donors (Lipinski definition) is 2. The van der Waals surface area contributed by atoms with Gasteiger partial charge in [0.2, 0.25) is 0 Å². The van der Waals surface area contributed by atoms with Crippen molar-refractivity contribution in [3.63, 3.8) is 0 Å². The van der Waals surface area contributed by atoms with Crippen LogP contribution in [-0.2, 0) is 6.54 Å². The van der Waals surface area contributed by atoms with E-state index in [0.717, 1.165) is 36.2 Å². The summed E-state index contributed by atoms with van der Waals surface area (Å²) >= 11 is 0. The molecule has 1 saturated heterocycles. The van der Waals surface area contributed by atoms with Crippen molar-refractivity contribution in [3.05, 3.63) is 60.8 Å². The van der Waals surface area contributed by atoms with Crippen molar-refractivity contribution in [2.24, 2.45) is 0 Å². The third-order valence-electron chi connectivity index (χ3n) is 4.55. The quantitative estimate of drug-likeness (QED) is 0.687. The van der Waals surface area contributed by atoms with Crippen LogP contribution in [0.1, 0.15) is 25.0 Å². The first-order valence-electron chi connectivity index (χ1n) is 9.07. The highest BCUT2D eigenvalue weighted by molar-refractivity contribution is 5.62. The number of furan rings is 1. The third kappa shape index (κ3) is 4.14. The van der Waals surface area contributed by atoms with E-state index in [1.807, 2.05) is 18.2 Å². The van der Waals surface area contributed by atoms with Crippen LogP contribution in [0.3, 0.4) is 0 Å². The van der Waals surface area contributed by atoms with E-state index < -0.39 is 0 Å². The molecule has 6 heteroatoms. The minimum absolute atomic E-state index is 0.591. The minimum atomic E-state index is 0.591. The lowest BCUT2D eigenvalue weighted by atomic mass is 10.1. The van der Waals surface area contributed by atoms with E-state index in [0.29, 0.717) is 6.54 Å².